The molecule has 8 nitrogen and oxygen atoms in total. The van der Waals surface area contributed by atoms with Gasteiger partial charge in [0, 0.05) is 48.6 Å². The molecule has 0 spiro atoms. The zero-order valence-corrected chi connectivity index (χ0v) is 18.1. The van der Waals surface area contributed by atoms with Crippen molar-refractivity contribution in [1.82, 2.24) is 20.3 Å². The molecule has 156 valence electrons. The first-order valence-electron chi connectivity index (χ1n) is 9.70. The number of carbonyl (C=O) groups excluding carboxylic acids is 2. The summed E-state index contributed by atoms with van der Waals surface area (Å²) in [7, 11) is 0. The molecule has 4 rings (SSSR count). The summed E-state index contributed by atoms with van der Waals surface area (Å²) in [6.07, 6.45) is 4.99. The van der Waals surface area contributed by atoms with Gasteiger partial charge in [-0.2, -0.15) is 0 Å². The van der Waals surface area contributed by atoms with Crippen LogP contribution in [0.3, 0.4) is 0 Å². The van der Waals surface area contributed by atoms with Crippen molar-refractivity contribution in [3.63, 3.8) is 0 Å². The number of carbonyl (C=O) groups is 2. The van der Waals surface area contributed by atoms with Gasteiger partial charge in [-0.25, -0.2) is 15.0 Å². The molecule has 0 aliphatic carbocycles. The summed E-state index contributed by atoms with van der Waals surface area (Å²) < 4.78 is 0. The average molecular weight is 443 g/mol. The van der Waals surface area contributed by atoms with Crippen LogP contribution in [-0.2, 0) is 16.1 Å². The van der Waals surface area contributed by atoms with Gasteiger partial charge < -0.3 is 15.5 Å². The quantitative estimate of drug-likeness (QED) is 0.608. The van der Waals surface area contributed by atoms with Gasteiger partial charge in [0.15, 0.2) is 5.13 Å². The maximum Gasteiger partial charge on any atom is 0.229 e. The molecule has 1 saturated heterocycles. The monoisotopic (exact) mass is 442 g/mol. The van der Waals surface area contributed by atoms with Crippen LogP contribution >= 0.6 is 22.7 Å². The zero-order valence-electron chi connectivity index (χ0n) is 16.5. The smallest absolute Gasteiger partial charge is 0.229 e. The molecular formula is C20H22N6O2S2. The number of nitrogens with one attached hydrogen (secondary N) is 2. The second kappa shape index (κ2) is 9.31. The van der Waals surface area contributed by atoms with Gasteiger partial charge in [0.25, 0.3) is 0 Å². The molecule has 0 saturated carbocycles. The summed E-state index contributed by atoms with van der Waals surface area (Å²) in [5.74, 6) is 0.644. The molecule has 30 heavy (non-hydrogen) atoms. The topological polar surface area (TPSA) is 100 Å². The van der Waals surface area contributed by atoms with Crippen molar-refractivity contribution < 1.29 is 9.59 Å². The number of aromatic nitrogens is 3. The number of nitrogens with zero attached hydrogens (tertiary/aromatic N) is 4. The Morgan fingerprint density at radius 2 is 1.97 bits per heavy atom. The lowest BCUT2D eigenvalue weighted by molar-refractivity contribution is -0.120. The first-order valence-corrected chi connectivity index (χ1v) is 11.4. The number of piperidine rings is 1. The normalized spacial score (nSPS) is 14.5. The van der Waals surface area contributed by atoms with Gasteiger partial charge in [0.2, 0.25) is 17.8 Å². The minimum Gasteiger partial charge on any atom is -0.351 e. The van der Waals surface area contributed by atoms with E-state index in [1.807, 2.05) is 17.5 Å². The molecule has 4 heterocycles. The van der Waals surface area contributed by atoms with E-state index in [9.17, 15) is 9.59 Å². The maximum atomic E-state index is 12.7. The molecule has 10 heteroatoms. The van der Waals surface area contributed by atoms with Gasteiger partial charge in [-0.3, -0.25) is 9.59 Å². The average Bonchev–Trinajstić information content (AvgIpc) is 3.42. The second-order valence-corrected chi connectivity index (χ2v) is 9.04. The highest BCUT2D eigenvalue weighted by atomic mass is 32.1. The Balaban J connectivity index is 1.31. The third-order valence-corrected chi connectivity index (χ3v) is 6.73. The fourth-order valence-electron chi connectivity index (χ4n) is 3.27. The fraction of sp³-hybridized carbons (Fsp3) is 0.350. The van der Waals surface area contributed by atoms with E-state index < -0.39 is 0 Å². The molecule has 0 atom stereocenters. The summed E-state index contributed by atoms with van der Waals surface area (Å²) in [4.78, 5) is 41.0. The molecule has 2 N–H and O–H groups in total. The lowest BCUT2D eigenvalue weighted by Crippen LogP contribution is -2.38. The molecule has 2 amide bonds. The van der Waals surface area contributed by atoms with Crippen LogP contribution < -0.4 is 15.5 Å². The molecule has 1 aliphatic heterocycles. The van der Waals surface area contributed by atoms with Crippen molar-refractivity contribution in [2.75, 3.05) is 23.3 Å². The standard InChI is InChI=1S/C20H22N6O2S2/c1-13(27)23-11-15-3-4-17(30-15)16-12-29-20(24-16)25-18(28)14-5-9-26(10-6-14)19-21-7-2-8-22-19/h2-4,7-8,12,14H,5-6,9-11H2,1H3,(H,23,27)(H,24,25,28). The Bertz CT molecular complexity index is 1010. The summed E-state index contributed by atoms with van der Waals surface area (Å²) in [6, 6.07) is 5.77. The number of thiophene rings is 1. The van der Waals surface area contributed by atoms with Crippen LogP contribution in [0.2, 0.25) is 0 Å². The van der Waals surface area contributed by atoms with Crippen LogP contribution in [0.5, 0.6) is 0 Å². The Labute approximate surface area is 182 Å². The zero-order chi connectivity index (χ0) is 20.9. The summed E-state index contributed by atoms with van der Waals surface area (Å²) in [6.45, 7) is 3.54. The van der Waals surface area contributed by atoms with Crippen LogP contribution in [0.15, 0.2) is 36.0 Å². The molecule has 3 aromatic rings. The third kappa shape index (κ3) is 5.00. The van der Waals surface area contributed by atoms with Gasteiger partial charge in [-0.1, -0.05) is 0 Å². The largest absolute Gasteiger partial charge is 0.351 e. The van der Waals surface area contributed by atoms with Crippen LogP contribution in [0.1, 0.15) is 24.6 Å². The van der Waals surface area contributed by atoms with E-state index in [-0.39, 0.29) is 17.7 Å². The number of rotatable bonds is 6. The van der Waals surface area contributed by atoms with Crippen molar-refractivity contribution in [3.8, 4) is 10.6 Å². The van der Waals surface area contributed by atoms with Crippen molar-refractivity contribution >= 4 is 45.6 Å². The molecule has 1 aliphatic rings. The van der Waals surface area contributed by atoms with E-state index in [2.05, 4.69) is 30.5 Å². The van der Waals surface area contributed by atoms with Crippen molar-refractivity contribution in [3.05, 3.63) is 40.8 Å². The molecular weight excluding hydrogens is 420 g/mol. The molecule has 1 fully saturated rings. The fourth-order valence-corrected chi connectivity index (χ4v) is 4.97. The SMILES string of the molecule is CC(=O)NCc1ccc(-c2csc(NC(=O)C3CCN(c4ncccn4)CC3)n2)s1. The molecule has 0 unspecified atom stereocenters. The van der Waals surface area contributed by atoms with Gasteiger partial charge in [-0.05, 0) is 31.0 Å². The third-order valence-electron chi connectivity index (χ3n) is 4.86. The van der Waals surface area contributed by atoms with Crippen LogP contribution in [0, 0.1) is 5.92 Å². The Morgan fingerprint density at radius 3 is 2.70 bits per heavy atom. The second-order valence-electron chi connectivity index (χ2n) is 7.01. The van der Waals surface area contributed by atoms with E-state index in [1.165, 1.54) is 18.3 Å². The number of amides is 2. The minimum atomic E-state index is -0.0502. The van der Waals surface area contributed by atoms with E-state index in [4.69, 9.17) is 0 Å². The summed E-state index contributed by atoms with van der Waals surface area (Å²) >= 11 is 3.01. The van der Waals surface area contributed by atoms with E-state index in [1.54, 1.807) is 29.8 Å². The van der Waals surface area contributed by atoms with Crippen molar-refractivity contribution in [1.29, 1.82) is 0 Å². The van der Waals surface area contributed by atoms with Gasteiger partial charge in [-0.15, -0.1) is 22.7 Å². The maximum absolute atomic E-state index is 12.7. The summed E-state index contributed by atoms with van der Waals surface area (Å²) in [5, 5.41) is 8.32. The highest BCUT2D eigenvalue weighted by Gasteiger charge is 2.26. The van der Waals surface area contributed by atoms with Gasteiger partial charge in [0.05, 0.1) is 17.1 Å². The van der Waals surface area contributed by atoms with E-state index in [0.717, 1.165) is 47.3 Å². The highest BCUT2D eigenvalue weighted by Crippen LogP contribution is 2.31. The first kappa shape index (κ1) is 20.4. The van der Waals surface area contributed by atoms with E-state index in [0.29, 0.717) is 11.7 Å². The van der Waals surface area contributed by atoms with Crippen molar-refractivity contribution in [2.45, 2.75) is 26.3 Å². The number of thiazole rings is 1. The molecule has 3 aromatic heterocycles. The first-order chi connectivity index (χ1) is 14.6. The molecule has 0 radical (unpaired) electrons. The Morgan fingerprint density at radius 1 is 1.20 bits per heavy atom. The predicted octanol–water partition coefficient (Wildman–Crippen LogP) is 3.15. The number of anilines is 2. The van der Waals surface area contributed by atoms with E-state index >= 15 is 0 Å². The molecule has 0 aromatic carbocycles. The number of hydrogen-bond donors (Lipinski definition) is 2. The predicted molar refractivity (Wildman–Crippen MR) is 119 cm³/mol. The van der Waals surface area contributed by atoms with Gasteiger partial charge >= 0.3 is 0 Å². The molecule has 0 bridgehead atoms. The lowest BCUT2D eigenvalue weighted by atomic mass is 9.96. The highest BCUT2D eigenvalue weighted by molar-refractivity contribution is 7.17. The van der Waals surface area contributed by atoms with Crippen molar-refractivity contribution in [2.24, 2.45) is 5.92 Å². The summed E-state index contributed by atoms with van der Waals surface area (Å²) in [5.41, 5.74) is 0.838. The van der Waals surface area contributed by atoms with Gasteiger partial charge in [0.1, 0.15) is 0 Å². The minimum absolute atomic E-state index is 0.0158. The lowest BCUT2D eigenvalue weighted by Gasteiger charge is -2.30. The Hall–Kier alpha value is -2.85. The van der Waals surface area contributed by atoms with Crippen LogP contribution in [-0.4, -0.2) is 39.9 Å². The Kier molecular flexibility index (Phi) is 6.34. The van der Waals surface area contributed by atoms with Crippen LogP contribution in [0.4, 0.5) is 11.1 Å². The van der Waals surface area contributed by atoms with Crippen LogP contribution in [0.25, 0.3) is 10.6 Å². The number of hydrogen-bond acceptors (Lipinski definition) is 8.